The summed E-state index contributed by atoms with van der Waals surface area (Å²) in [6.07, 6.45) is 0. The molecular formula is C26H28N6O2S2. The van der Waals surface area contributed by atoms with Crippen LogP contribution < -0.4 is 10.6 Å². The van der Waals surface area contributed by atoms with Gasteiger partial charge in [-0.1, -0.05) is 59.3 Å². The standard InChI is InChI=1S/C26H28N6O2S2/c1-5-32-23(18(4)27-24(34)20-12-8-17(3)9-13-20)30-31-26(32)36-15-22(33)29-25-28-21(14-35-25)19-10-6-16(2)7-11-19/h6-14,18H,5,15H2,1-4H3,(H,27,34)(H,28,29,33). The molecule has 2 N–H and O–H groups in total. The van der Waals surface area contributed by atoms with E-state index in [4.69, 9.17) is 0 Å². The first-order valence-electron chi connectivity index (χ1n) is 11.6. The summed E-state index contributed by atoms with van der Waals surface area (Å²) in [5.41, 5.74) is 4.72. The van der Waals surface area contributed by atoms with Gasteiger partial charge >= 0.3 is 0 Å². The van der Waals surface area contributed by atoms with Crippen LogP contribution in [0.2, 0.25) is 0 Å². The molecule has 0 bridgehead atoms. The zero-order valence-corrected chi connectivity index (χ0v) is 22.2. The molecule has 0 aliphatic rings. The van der Waals surface area contributed by atoms with Crippen LogP contribution in [-0.2, 0) is 11.3 Å². The molecule has 0 aliphatic heterocycles. The highest BCUT2D eigenvalue weighted by atomic mass is 32.2. The highest BCUT2D eigenvalue weighted by Gasteiger charge is 2.20. The zero-order valence-electron chi connectivity index (χ0n) is 20.6. The Hall–Kier alpha value is -3.50. The van der Waals surface area contributed by atoms with E-state index in [0.717, 1.165) is 16.8 Å². The second-order valence-electron chi connectivity index (χ2n) is 8.39. The average Bonchev–Trinajstić information content (AvgIpc) is 3.50. The number of thiazole rings is 1. The quantitative estimate of drug-likeness (QED) is 0.292. The number of hydrogen-bond donors (Lipinski definition) is 2. The number of rotatable bonds is 9. The molecule has 2 amide bonds. The maximum Gasteiger partial charge on any atom is 0.251 e. The molecule has 0 saturated carbocycles. The maximum atomic E-state index is 12.6. The Kier molecular flexibility index (Phi) is 8.17. The van der Waals surface area contributed by atoms with Gasteiger partial charge in [0, 0.05) is 23.1 Å². The van der Waals surface area contributed by atoms with E-state index in [-0.39, 0.29) is 23.6 Å². The number of aryl methyl sites for hydroxylation is 2. The van der Waals surface area contributed by atoms with E-state index in [1.54, 1.807) is 12.1 Å². The van der Waals surface area contributed by atoms with Gasteiger partial charge in [0.05, 0.1) is 17.5 Å². The van der Waals surface area contributed by atoms with Crippen LogP contribution in [-0.4, -0.2) is 37.3 Å². The fourth-order valence-corrected chi connectivity index (χ4v) is 5.09. The Balaban J connectivity index is 1.34. The molecular weight excluding hydrogens is 492 g/mol. The monoisotopic (exact) mass is 520 g/mol. The first-order chi connectivity index (χ1) is 17.3. The third-order valence-corrected chi connectivity index (χ3v) is 7.27. The van der Waals surface area contributed by atoms with Crippen LogP contribution in [0.15, 0.2) is 59.1 Å². The number of benzene rings is 2. The Morgan fingerprint density at radius 2 is 1.69 bits per heavy atom. The number of carbonyl (C=O) groups excluding carboxylic acids is 2. The van der Waals surface area contributed by atoms with Gasteiger partial charge in [-0.3, -0.25) is 9.59 Å². The minimum absolute atomic E-state index is 0.168. The lowest BCUT2D eigenvalue weighted by atomic mass is 10.1. The minimum atomic E-state index is -0.343. The van der Waals surface area contributed by atoms with Crippen molar-refractivity contribution >= 4 is 40.0 Å². The molecule has 0 saturated heterocycles. The van der Waals surface area contributed by atoms with Crippen LogP contribution in [0, 0.1) is 13.8 Å². The van der Waals surface area contributed by atoms with E-state index in [2.05, 4.69) is 25.8 Å². The molecule has 2 heterocycles. The normalized spacial score (nSPS) is 11.8. The predicted molar refractivity (Wildman–Crippen MR) is 144 cm³/mol. The summed E-state index contributed by atoms with van der Waals surface area (Å²) in [7, 11) is 0. The van der Waals surface area contributed by atoms with Gasteiger partial charge in [0.25, 0.3) is 5.91 Å². The largest absolute Gasteiger partial charge is 0.342 e. The van der Waals surface area contributed by atoms with Crippen LogP contribution in [0.1, 0.15) is 47.2 Å². The summed E-state index contributed by atoms with van der Waals surface area (Å²) in [6, 6.07) is 15.2. The minimum Gasteiger partial charge on any atom is -0.342 e. The summed E-state index contributed by atoms with van der Waals surface area (Å²) in [6.45, 7) is 8.49. The summed E-state index contributed by atoms with van der Waals surface area (Å²) in [4.78, 5) is 29.7. The summed E-state index contributed by atoms with van der Waals surface area (Å²) >= 11 is 2.69. The van der Waals surface area contributed by atoms with Gasteiger partial charge in [-0.2, -0.15) is 0 Å². The summed E-state index contributed by atoms with van der Waals surface area (Å²) in [5, 5.41) is 17.5. The lowest BCUT2D eigenvalue weighted by Gasteiger charge is -2.15. The molecule has 4 aromatic rings. The Labute approximate surface area is 218 Å². The van der Waals surface area contributed by atoms with Crippen molar-refractivity contribution in [1.82, 2.24) is 25.1 Å². The molecule has 1 atom stereocenters. The van der Waals surface area contributed by atoms with Crippen LogP contribution in [0.25, 0.3) is 11.3 Å². The Bertz CT molecular complexity index is 1350. The topological polar surface area (TPSA) is 102 Å². The van der Waals surface area contributed by atoms with Gasteiger partial charge in [0.15, 0.2) is 16.1 Å². The number of anilines is 1. The van der Waals surface area contributed by atoms with Crippen molar-refractivity contribution in [3.63, 3.8) is 0 Å². The smallest absolute Gasteiger partial charge is 0.251 e. The van der Waals surface area contributed by atoms with Crippen molar-refractivity contribution in [1.29, 1.82) is 0 Å². The predicted octanol–water partition coefficient (Wildman–Crippen LogP) is 5.26. The van der Waals surface area contributed by atoms with Gasteiger partial charge in [0.1, 0.15) is 0 Å². The zero-order chi connectivity index (χ0) is 25.7. The molecule has 2 aromatic heterocycles. The molecule has 4 rings (SSSR count). The number of hydrogen-bond acceptors (Lipinski definition) is 7. The van der Waals surface area contributed by atoms with E-state index in [0.29, 0.717) is 28.2 Å². The average molecular weight is 521 g/mol. The third kappa shape index (κ3) is 6.19. The van der Waals surface area contributed by atoms with E-state index >= 15 is 0 Å². The highest BCUT2D eigenvalue weighted by Crippen LogP contribution is 2.26. The van der Waals surface area contributed by atoms with Crippen LogP contribution in [0.5, 0.6) is 0 Å². The van der Waals surface area contributed by atoms with E-state index in [1.807, 2.05) is 74.0 Å². The van der Waals surface area contributed by atoms with Crippen molar-refractivity contribution < 1.29 is 9.59 Å². The molecule has 0 fully saturated rings. The number of thioether (sulfide) groups is 1. The molecule has 2 aromatic carbocycles. The SMILES string of the molecule is CCn1c(SCC(=O)Nc2nc(-c3ccc(C)cc3)cs2)nnc1C(C)NC(=O)c1ccc(C)cc1. The van der Waals surface area contributed by atoms with Gasteiger partial charge in [-0.25, -0.2) is 4.98 Å². The molecule has 1 unspecified atom stereocenters. The maximum absolute atomic E-state index is 12.6. The van der Waals surface area contributed by atoms with Crippen molar-refractivity contribution in [2.45, 2.75) is 45.4 Å². The molecule has 36 heavy (non-hydrogen) atoms. The van der Waals surface area contributed by atoms with Gasteiger partial charge in [-0.05, 0) is 39.8 Å². The van der Waals surface area contributed by atoms with Crippen LogP contribution in [0.3, 0.4) is 0 Å². The first-order valence-corrected chi connectivity index (χ1v) is 13.5. The molecule has 8 nitrogen and oxygen atoms in total. The number of amides is 2. The number of nitrogens with zero attached hydrogens (tertiary/aromatic N) is 4. The molecule has 186 valence electrons. The number of aromatic nitrogens is 4. The second-order valence-corrected chi connectivity index (χ2v) is 10.2. The lowest BCUT2D eigenvalue weighted by Crippen LogP contribution is -2.28. The molecule has 0 radical (unpaired) electrons. The van der Waals surface area contributed by atoms with E-state index in [9.17, 15) is 9.59 Å². The van der Waals surface area contributed by atoms with E-state index < -0.39 is 0 Å². The van der Waals surface area contributed by atoms with Crippen molar-refractivity contribution in [3.05, 3.63) is 76.4 Å². The molecule has 0 spiro atoms. The first kappa shape index (κ1) is 25.6. The number of carbonyl (C=O) groups is 2. The van der Waals surface area contributed by atoms with Gasteiger partial charge in [0.2, 0.25) is 5.91 Å². The fourth-order valence-electron chi connectivity index (χ4n) is 3.55. The van der Waals surface area contributed by atoms with Crippen molar-refractivity contribution in [3.8, 4) is 11.3 Å². The fraction of sp³-hybridized carbons (Fsp3) is 0.269. The highest BCUT2D eigenvalue weighted by molar-refractivity contribution is 7.99. The Morgan fingerprint density at radius 3 is 2.36 bits per heavy atom. The van der Waals surface area contributed by atoms with Crippen LogP contribution in [0.4, 0.5) is 5.13 Å². The van der Waals surface area contributed by atoms with E-state index in [1.165, 1.54) is 28.7 Å². The van der Waals surface area contributed by atoms with Crippen molar-refractivity contribution in [2.24, 2.45) is 0 Å². The molecule has 0 aliphatic carbocycles. The lowest BCUT2D eigenvalue weighted by molar-refractivity contribution is -0.113. The molecule has 10 heteroatoms. The summed E-state index contributed by atoms with van der Waals surface area (Å²) in [5.74, 6) is 0.471. The summed E-state index contributed by atoms with van der Waals surface area (Å²) < 4.78 is 1.91. The second kappa shape index (κ2) is 11.5. The number of nitrogens with one attached hydrogen (secondary N) is 2. The van der Waals surface area contributed by atoms with Gasteiger partial charge in [-0.15, -0.1) is 21.5 Å². The Morgan fingerprint density at radius 1 is 1.03 bits per heavy atom. The van der Waals surface area contributed by atoms with Gasteiger partial charge < -0.3 is 15.2 Å². The van der Waals surface area contributed by atoms with Crippen LogP contribution >= 0.6 is 23.1 Å². The van der Waals surface area contributed by atoms with Crippen molar-refractivity contribution in [2.75, 3.05) is 11.1 Å². The third-order valence-electron chi connectivity index (χ3n) is 5.54.